The van der Waals surface area contributed by atoms with Gasteiger partial charge in [-0.15, -0.1) is 0 Å². The van der Waals surface area contributed by atoms with Crippen LogP contribution in [0.25, 0.3) is 0 Å². The lowest BCUT2D eigenvalue weighted by molar-refractivity contribution is -0.145. The van der Waals surface area contributed by atoms with E-state index >= 15 is 0 Å². The van der Waals surface area contributed by atoms with Gasteiger partial charge in [0, 0.05) is 19.0 Å². The number of benzene rings is 1. The zero-order valence-electron chi connectivity index (χ0n) is 16.5. The van der Waals surface area contributed by atoms with Crippen LogP contribution in [0.4, 0.5) is 0 Å². The Kier molecular flexibility index (Phi) is 8.49. The van der Waals surface area contributed by atoms with Crippen LogP contribution in [0.2, 0.25) is 0 Å². The molecule has 1 heterocycles. The topological polar surface area (TPSA) is 117 Å². The van der Waals surface area contributed by atoms with Gasteiger partial charge in [-0.3, -0.25) is 4.79 Å². The second-order valence-corrected chi connectivity index (χ2v) is 9.60. The Balaban J connectivity index is 1.97. The van der Waals surface area contributed by atoms with Crippen LogP contribution in [0.5, 0.6) is 0 Å². The van der Waals surface area contributed by atoms with Gasteiger partial charge < -0.3 is 10.1 Å². The van der Waals surface area contributed by atoms with Crippen molar-refractivity contribution >= 4 is 33.7 Å². The molecule has 1 aliphatic heterocycles. The van der Waals surface area contributed by atoms with Gasteiger partial charge in [0.25, 0.3) is 0 Å². The summed E-state index contributed by atoms with van der Waals surface area (Å²) < 4.78 is 31.6. The number of methoxy groups -OCH3 is 1. The van der Waals surface area contributed by atoms with E-state index in [0.29, 0.717) is 30.6 Å². The van der Waals surface area contributed by atoms with E-state index in [0.717, 1.165) is 0 Å². The molecule has 8 nitrogen and oxygen atoms in total. The lowest BCUT2D eigenvalue weighted by atomic mass is 9.96. The van der Waals surface area contributed by atoms with E-state index < -0.39 is 22.0 Å². The smallest absolute Gasteiger partial charge is 0.328 e. The van der Waals surface area contributed by atoms with Gasteiger partial charge in [-0.25, -0.2) is 13.2 Å². The van der Waals surface area contributed by atoms with Crippen LogP contribution < -0.4 is 5.32 Å². The molecule has 0 bridgehead atoms. The normalized spacial score (nSPS) is 16.6. The highest BCUT2D eigenvalue weighted by Gasteiger charge is 2.33. The summed E-state index contributed by atoms with van der Waals surface area (Å²) in [6.07, 6.45) is 3.14. The highest BCUT2D eigenvalue weighted by molar-refractivity contribution is 7.98. The van der Waals surface area contributed by atoms with Crippen molar-refractivity contribution in [1.29, 1.82) is 5.26 Å². The van der Waals surface area contributed by atoms with E-state index in [4.69, 9.17) is 10.00 Å². The number of nitrogens with zero attached hydrogens (tertiary/aromatic N) is 2. The minimum absolute atomic E-state index is 0.127. The average Bonchev–Trinajstić information content (AvgIpc) is 2.76. The second-order valence-electron chi connectivity index (χ2n) is 6.68. The number of carbonyl (C=O) groups excluding carboxylic acids is 2. The molecule has 1 aromatic carbocycles. The van der Waals surface area contributed by atoms with Gasteiger partial charge in [-0.05, 0) is 55.5 Å². The fraction of sp³-hybridized carbons (Fsp3) is 0.526. The van der Waals surface area contributed by atoms with Crippen molar-refractivity contribution in [2.75, 3.05) is 32.2 Å². The number of nitrogens with one attached hydrogen (secondary N) is 1. The number of piperidine rings is 1. The van der Waals surface area contributed by atoms with Gasteiger partial charge >= 0.3 is 5.97 Å². The van der Waals surface area contributed by atoms with Crippen LogP contribution in [-0.4, -0.2) is 62.8 Å². The Labute approximate surface area is 175 Å². The number of thioether (sulfide) groups is 1. The second kappa shape index (κ2) is 10.6. The molecule has 29 heavy (non-hydrogen) atoms. The van der Waals surface area contributed by atoms with Crippen molar-refractivity contribution in [2.45, 2.75) is 30.2 Å². The zero-order valence-corrected chi connectivity index (χ0v) is 18.1. The van der Waals surface area contributed by atoms with Crippen LogP contribution in [0.3, 0.4) is 0 Å². The maximum atomic E-state index is 12.8. The summed E-state index contributed by atoms with van der Waals surface area (Å²) >= 11 is 1.57. The predicted octanol–water partition coefficient (Wildman–Crippen LogP) is 1.37. The third kappa shape index (κ3) is 5.95. The Morgan fingerprint density at radius 3 is 2.45 bits per heavy atom. The summed E-state index contributed by atoms with van der Waals surface area (Å²) in [5.41, 5.74) is 0.390. The molecule has 0 spiro atoms. The van der Waals surface area contributed by atoms with Gasteiger partial charge in [0.15, 0.2) is 0 Å². The van der Waals surface area contributed by atoms with Crippen LogP contribution in [0, 0.1) is 17.2 Å². The van der Waals surface area contributed by atoms with Crippen molar-refractivity contribution in [3.05, 3.63) is 29.8 Å². The van der Waals surface area contributed by atoms with E-state index in [1.165, 1.54) is 35.7 Å². The largest absolute Gasteiger partial charge is 0.467 e. The van der Waals surface area contributed by atoms with Crippen LogP contribution in [0.15, 0.2) is 29.2 Å². The quantitative estimate of drug-likeness (QED) is 0.608. The lowest BCUT2D eigenvalue weighted by Gasteiger charge is -2.31. The first-order valence-corrected chi connectivity index (χ1v) is 12.0. The summed E-state index contributed by atoms with van der Waals surface area (Å²) in [7, 11) is -2.39. The summed E-state index contributed by atoms with van der Waals surface area (Å²) in [5, 5.41) is 11.6. The molecule has 1 unspecified atom stereocenters. The SMILES string of the molecule is COC(=O)C(CCSC)NC(=O)C1CCN(S(=O)(=O)c2ccc(C#N)cc2)CC1. The molecule has 0 radical (unpaired) electrons. The molecule has 158 valence electrons. The number of amides is 1. The zero-order chi connectivity index (χ0) is 21.4. The molecule has 0 saturated carbocycles. The first-order valence-electron chi connectivity index (χ1n) is 9.21. The van der Waals surface area contributed by atoms with E-state index in [2.05, 4.69) is 5.32 Å². The van der Waals surface area contributed by atoms with E-state index in [9.17, 15) is 18.0 Å². The van der Waals surface area contributed by atoms with Crippen molar-refractivity contribution in [1.82, 2.24) is 9.62 Å². The number of ether oxygens (including phenoxy) is 1. The van der Waals surface area contributed by atoms with Crippen LogP contribution in [0.1, 0.15) is 24.8 Å². The first-order chi connectivity index (χ1) is 13.8. The number of nitriles is 1. The van der Waals surface area contributed by atoms with Gasteiger partial charge in [0.2, 0.25) is 15.9 Å². The number of hydrogen-bond acceptors (Lipinski definition) is 7. The number of sulfonamides is 1. The molecule has 1 saturated heterocycles. The van der Waals surface area contributed by atoms with Crippen molar-refractivity contribution in [3.8, 4) is 6.07 Å². The Morgan fingerprint density at radius 2 is 1.93 bits per heavy atom. The standard InChI is InChI=1S/C19H25N3O5S2/c1-27-19(24)17(9-12-28-2)21-18(23)15-7-10-22(11-8-15)29(25,26)16-5-3-14(13-20)4-6-16/h3-6,15,17H,7-12H2,1-2H3,(H,21,23). The van der Waals surface area contributed by atoms with E-state index in [1.54, 1.807) is 11.8 Å². The fourth-order valence-corrected chi connectivity index (χ4v) is 5.07. The van der Waals surface area contributed by atoms with Crippen LogP contribution >= 0.6 is 11.8 Å². The average molecular weight is 440 g/mol. The molecule has 0 aliphatic carbocycles. The molecule has 1 amide bonds. The maximum Gasteiger partial charge on any atom is 0.328 e. The maximum absolute atomic E-state index is 12.8. The molecule has 0 aromatic heterocycles. The number of rotatable bonds is 8. The highest BCUT2D eigenvalue weighted by Crippen LogP contribution is 2.24. The van der Waals surface area contributed by atoms with Crippen LogP contribution in [-0.2, 0) is 24.3 Å². The highest BCUT2D eigenvalue weighted by atomic mass is 32.2. The molecule has 10 heteroatoms. The third-order valence-corrected chi connectivity index (χ3v) is 7.42. The first kappa shape index (κ1) is 23.2. The van der Waals surface area contributed by atoms with E-state index in [-0.39, 0.29) is 29.8 Å². The Morgan fingerprint density at radius 1 is 1.31 bits per heavy atom. The summed E-state index contributed by atoms with van der Waals surface area (Å²) in [6.45, 7) is 0.433. The van der Waals surface area contributed by atoms with E-state index in [1.807, 2.05) is 12.3 Å². The molecule has 1 N–H and O–H groups in total. The van der Waals surface area contributed by atoms with Gasteiger partial charge in [0.05, 0.1) is 23.6 Å². The van der Waals surface area contributed by atoms with Crippen molar-refractivity contribution in [3.63, 3.8) is 0 Å². The summed E-state index contributed by atoms with van der Waals surface area (Å²) in [5.74, 6) is -0.379. The number of esters is 1. The van der Waals surface area contributed by atoms with Gasteiger partial charge in [0.1, 0.15) is 6.04 Å². The minimum Gasteiger partial charge on any atom is -0.467 e. The lowest BCUT2D eigenvalue weighted by Crippen LogP contribution is -2.48. The van der Waals surface area contributed by atoms with Crippen molar-refractivity contribution < 1.29 is 22.7 Å². The number of carbonyl (C=O) groups is 2. The minimum atomic E-state index is -3.67. The molecule has 1 atom stereocenters. The van der Waals surface area contributed by atoms with Gasteiger partial charge in [-0.1, -0.05) is 0 Å². The summed E-state index contributed by atoms with van der Waals surface area (Å²) in [4.78, 5) is 24.6. The molecule has 1 aromatic rings. The Hall–Kier alpha value is -2.09. The fourth-order valence-electron chi connectivity index (χ4n) is 3.13. The third-order valence-electron chi connectivity index (χ3n) is 4.86. The molecule has 1 aliphatic rings. The number of hydrogen-bond donors (Lipinski definition) is 1. The Bertz CT molecular complexity index is 857. The molecule has 2 rings (SSSR count). The van der Waals surface area contributed by atoms with Gasteiger partial charge in [-0.2, -0.15) is 21.3 Å². The van der Waals surface area contributed by atoms with Crippen molar-refractivity contribution in [2.24, 2.45) is 5.92 Å². The predicted molar refractivity (Wildman–Crippen MR) is 110 cm³/mol. The molecular formula is C19H25N3O5S2. The molecule has 1 fully saturated rings. The monoisotopic (exact) mass is 439 g/mol. The summed E-state index contributed by atoms with van der Waals surface area (Å²) in [6, 6.07) is 7.03. The molecular weight excluding hydrogens is 414 g/mol.